The molecule has 1 amide bonds. The summed E-state index contributed by atoms with van der Waals surface area (Å²) in [6.07, 6.45) is -0.535. The van der Waals surface area contributed by atoms with Crippen molar-refractivity contribution in [1.29, 1.82) is 0 Å². The average molecular weight is 174 g/mol. The molecule has 0 rings (SSSR count). The topological polar surface area (TPSA) is 109 Å². The van der Waals surface area contributed by atoms with Crippen LogP contribution < -0.4 is 11.1 Å². The number of carboxylic acids is 1. The summed E-state index contributed by atoms with van der Waals surface area (Å²) in [6, 6.07) is -1.26. The predicted octanol–water partition coefficient (Wildman–Crippen LogP) is -1.90. The van der Waals surface area contributed by atoms with Gasteiger partial charge < -0.3 is 16.2 Å². The first-order chi connectivity index (χ1) is 5.49. The van der Waals surface area contributed by atoms with Gasteiger partial charge in [0.1, 0.15) is 0 Å². The minimum absolute atomic E-state index is 0.535. The molecule has 0 radical (unpaired) electrons. The maximum Gasteiger partial charge on any atom is 0.305 e. The van der Waals surface area contributed by atoms with E-state index in [4.69, 9.17) is 10.8 Å². The van der Waals surface area contributed by atoms with Crippen LogP contribution in [-0.2, 0) is 14.4 Å². The summed E-state index contributed by atoms with van der Waals surface area (Å²) in [5.74, 6) is -3.00. The van der Waals surface area contributed by atoms with Crippen molar-refractivity contribution in [2.24, 2.45) is 5.73 Å². The van der Waals surface area contributed by atoms with Crippen molar-refractivity contribution in [2.75, 3.05) is 7.05 Å². The largest absolute Gasteiger partial charge is 0.481 e. The Labute approximate surface area is 68.7 Å². The zero-order valence-electron chi connectivity index (χ0n) is 6.53. The van der Waals surface area contributed by atoms with E-state index in [1.807, 2.05) is 0 Å². The Balaban J connectivity index is 4.10. The molecular weight excluding hydrogens is 164 g/mol. The number of rotatable bonds is 4. The van der Waals surface area contributed by atoms with Gasteiger partial charge in [-0.1, -0.05) is 0 Å². The van der Waals surface area contributed by atoms with E-state index in [0.717, 1.165) is 0 Å². The van der Waals surface area contributed by atoms with Crippen molar-refractivity contribution >= 4 is 17.7 Å². The lowest BCUT2D eigenvalue weighted by atomic mass is 10.1. The molecular formula is C6H10N2O4. The van der Waals surface area contributed by atoms with Gasteiger partial charge in [-0.2, -0.15) is 0 Å². The van der Waals surface area contributed by atoms with Crippen molar-refractivity contribution in [3.63, 3.8) is 0 Å². The minimum atomic E-state index is -1.26. The smallest absolute Gasteiger partial charge is 0.305 e. The highest BCUT2D eigenvalue weighted by Gasteiger charge is 2.22. The number of hydrogen-bond donors (Lipinski definition) is 3. The zero-order valence-corrected chi connectivity index (χ0v) is 6.53. The van der Waals surface area contributed by atoms with Crippen LogP contribution in [0.3, 0.4) is 0 Å². The first kappa shape index (κ1) is 10.6. The predicted molar refractivity (Wildman–Crippen MR) is 39.3 cm³/mol. The van der Waals surface area contributed by atoms with Crippen LogP contribution in [0.15, 0.2) is 0 Å². The Morgan fingerprint density at radius 3 is 2.33 bits per heavy atom. The second-order valence-electron chi connectivity index (χ2n) is 2.15. The molecule has 1 unspecified atom stereocenters. The van der Waals surface area contributed by atoms with Gasteiger partial charge in [0.2, 0.25) is 5.78 Å². The summed E-state index contributed by atoms with van der Waals surface area (Å²) in [4.78, 5) is 31.5. The van der Waals surface area contributed by atoms with E-state index in [1.54, 1.807) is 0 Å². The second kappa shape index (κ2) is 4.45. The van der Waals surface area contributed by atoms with Crippen LogP contribution in [0.25, 0.3) is 0 Å². The third kappa shape index (κ3) is 3.11. The molecule has 0 heterocycles. The summed E-state index contributed by atoms with van der Waals surface area (Å²) in [5.41, 5.74) is 5.10. The number of nitrogens with two attached hydrogens (primary N) is 1. The monoisotopic (exact) mass is 174 g/mol. The van der Waals surface area contributed by atoms with Gasteiger partial charge in [-0.15, -0.1) is 0 Å². The first-order valence-corrected chi connectivity index (χ1v) is 3.22. The molecule has 68 valence electrons. The molecule has 0 aliphatic heterocycles. The highest BCUT2D eigenvalue weighted by atomic mass is 16.4. The van der Waals surface area contributed by atoms with E-state index in [0.29, 0.717) is 0 Å². The van der Waals surface area contributed by atoms with Crippen molar-refractivity contribution < 1.29 is 19.5 Å². The van der Waals surface area contributed by atoms with Gasteiger partial charge in [0.05, 0.1) is 12.5 Å². The SMILES string of the molecule is CNC(=O)C(=O)C(N)CC(=O)O. The zero-order chi connectivity index (χ0) is 9.72. The van der Waals surface area contributed by atoms with Gasteiger partial charge in [0, 0.05) is 7.05 Å². The number of carbonyl (C=O) groups excluding carboxylic acids is 2. The Morgan fingerprint density at radius 1 is 1.50 bits per heavy atom. The van der Waals surface area contributed by atoms with Gasteiger partial charge in [-0.05, 0) is 0 Å². The molecule has 1 atom stereocenters. The number of aliphatic carboxylic acids is 1. The quantitative estimate of drug-likeness (QED) is 0.431. The van der Waals surface area contributed by atoms with Crippen LogP contribution in [0.4, 0.5) is 0 Å². The molecule has 6 heteroatoms. The van der Waals surface area contributed by atoms with Crippen LogP contribution in [0, 0.1) is 0 Å². The van der Waals surface area contributed by atoms with Crippen LogP contribution in [0.1, 0.15) is 6.42 Å². The molecule has 0 aliphatic carbocycles. The van der Waals surface area contributed by atoms with E-state index in [2.05, 4.69) is 5.32 Å². The molecule has 0 aromatic rings. The molecule has 0 saturated heterocycles. The van der Waals surface area contributed by atoms with Crippen molar-refractivity contribution in [1.82, 2.24) is 5.32 Å². The van der Waals surface area contributed by atoms with E-state index in [9.17, 15) is 14.4 Å². The Hall–Kier alpha value is -1.43. The maximum atomic E-state index is 10.8. The summed E-state index contributed by atoms with van der Waals surface area (Å²) in [7, 11) is 1.27. The number of amides is 1. The highest BCUT2D eigenvalue weighted by molar-refractivity contribution is 6.38. The number of likely N-dealkylation sites (N-methyl/N-ethyl adjacent to an activating group) is 1. The van der Waals surface area contributed by atoms with E-state index in [-0.39, 0.29) is 0 Å². The van der Waals surface area contributed by atoms with Crippen molar-refractivity contribution in [3.05, 3.63) is 0 Å². The molecule has 0 aromatic carbocycles. The number of ketones is 1. The summed E-state index contributed by atoms with van der Waals surface area (Å²) < 4.78 is 0. The number of hydrogen-bond acceptors (Lipinski definition) is 4. The first-order valence-electron chi connectivity index (χ1n) is 3.22. The lowest BCUT2D eigenvalue weighted by Gasteiger charge is -2.05. The van der Waals surface area contributed by atoms with E-state index >= 15 is 0 Å². The molecule has 0 bridgehead atoms. The van der Waals surface area contributed by atoms with Gasteiger partial charge in [0.15, 0.2) is 0 Å². The number of nitrogens with one attached hydrogen (secondary N) is 1. The number of Topliss-reactive ketones (excluding diaryl/α,β-unsaturated/α-hetero) is 1. The fourth-order valence-electron chi connectivity index (χ4n) is 0.572. The minimum Gasteiger partial charge on any atom is -0.481 e. The Morgan fingerprint density at radius 2 is 2.00 bits per heavy atom. The number of carboxylic acid groups (broad SMARTS) is 1. The normalized spacial score (nSPS) is 11.8. The highest BCUT2D eigenvalue weighted by Crippen LogP contribution is 1.90. The fourth-order valence-corrected chi connectivity index (χ4v) is 0.572. The summed E-state index contributed by atoms with van der Waals surface area (Å²) in [6.45, 7) is 0. The van der Waals surface area contributed by atoms with Gasteiger partial charge in [-0.3, -0.25) is 14.4 Å². The molecule has 12 heavy (non-hydrogen) atoms. The third-order valence-corrected chi connectivity index (χ3v) is 1.18. The lowest BCUT2D eigenvalue weighted by Crippen LogP contribution is -2.42. The molecule has 0 fully saturated rings. The molecule has 0 aliphatic rings. The Bertz CT molecular complexity index is 214. The molecule has 0 aromatic heterocycles. The Kier molecular flexibility index (Phi) is 3.92. The standard InChI is InChI=1S/C6H10N2O4/c1-8-6(12)5(11)3(7)2-4(9)10/h3H,2,7H2,1H3,(H,8,12)(H,9,10). The van der Waals surface area contributed by atoms with Gasteiger partial charge in [-0.25, -0.2) is 0 Å². The molecule has 6 nitrogen and oxygen atoms in total. The second-order valence-corrected chi connectivity index (χ2v) is 2.15. The summed E-state index contributed by atoms with van der Waals surface area (Å²) >= 11 is 0. The van der Waals surface area contributed by atoms with Crippen LogP contribution >= 0.6 is 0 Å². The van der Waals surface area contributed by atoms with E-state index in [1.165, 1.54) is 7.05 Å². The molecule has 0 spiro atoms. The van der Waals surface area contributed by atoms with Crippen molar-refractivity contribution in [3.8, 4) is 0 Å². The summed E-state index contributed by atoms with van der Waals surface area (Å²) in [5, 5.41) is 10.3. The van der Waals surface area contributed by atoms with Crippen LogP contribution in [0.5, 0.6) is 0 Å². The van der Waals surface area contributed by atoms with Gasteiger partial charge in [0.25, 0.3) is 5.91 Å². The average Bonchev–Trinajstić information content (AvgIpc) is 2.00. The van der Waals surface area contributed by atoms with E-state index < -0.39 is 30.1 Å². The van der Waals surface area contributed by atoms with Crippen LogP contribution in [-0.4, -0.2) is 35.9 Å². The molecule has 0 saturated carbocycles. The number of carbonyl (C=O) groups is 3. The van der Waals surface area contributed by atoms with Crippen molar-refractivity contribution in [2.45, 2.75) is 12.5 Å². The fraction of sp³-hybridized carbons (Fsp3) is 0.500. The van der Waals surface area contributed by atoms with Crippen LogP contribution in [0.2, 0.25) is 0 Å². The lowest BCUT2D eigenvalue weighted by molar-refractivity contribution is -0.142. The van der Waals surface area contributed by atoms with Gasteiger partial charge >= 0.3 is 5.97 Å². The third-order valence-electron chi connectivity index (χ3n) is 1.18. The molecule has 4 N–H and O–H groups in total. The maximum absolute atomic E-state index is 10.8.